The van der Waals surface area contributed by atoms with Crippen molar-refractivity contribution in [1.82, 2.24) is 4.98 Å². The molecule has 0 bridgehead atoms. The molecule has 174 valence electrons. The molecule has 0 unspecified atom stereocenters. The minimum Gasteiger partial charge on any atom is -0.493 e. The number of anilines is 1. The van der Waals surface area contributed by atoms with Crippen LogP contribution in [0.1, 0.15) is 16.7 Å². The molecule has 0 fully saturated rings. The van der Waals surface area contributed by atoms with Crippen LogP contribution in [0.25, 0.3) is 11.1 Å². The molecule has 1 atom stereocenters. The topological polar surface area (TPSA) is 74.0 Å². The van der Waals surface area contributed by atoms with Gasteiger partial charge in [-0.1, -0.05) is 36.4 Å². The summed E-state index contributed by atoms with van der Waals surface area (Å²) in [4.78, 5) is 19.0. The molecule has 0 N–H and O–H groups in total. The van der Waals surface area contributed by atoms with Crippen LogP contribution >= 0.6 is 0 Å². The number of rotatable bonds is 6. The summed E-state index contributed by atoms with van der Waals surface area (Å²) in [5.41, 5.74) is 3.64. The zero-order chi connectivity index (χ0) is 23.7. The Bertz CT molecular complexity index is 1340. The summed E-state index contributed by atoms with van der Waals surface area (Å²) >= 11 is 0. The Morgan fingerprint density at radius 3 is 2.74 bits per heavy atom. The first kappa shape index (κ1) is 21.8. The number of nitrogens with zero attached hydrogens (tertiary/aromatic N) is 2. The van der Waals surface area contributed by atoms with Gasteiger partial charge >= 0.3 is 5.97 Å². The highest BCUT2D eigenvalue weighted by atomic mass is 19.1. The number of aromatic nitrogens is 1. The van der Waals surface area contributed by atoms with E-state index in [9.17, 15) is 9.18 Å². The number of hydrogen-bond donors (Lipinski definition) is 0. The quantitative estimate of drug-likeness (QED) is 0.386. The van der Waals surface area contributed by atoms with Gasteiger partial charge in [0.15, 0.2) is 17.1 Å². The number of fused-ring (bicyclic) bond motifs is 2. The Balaban J connectivity index is 1.53. The Labute approximate surface area is 195 Å². The van der Waals surface area contributed by atoms with E-state index in [0.717, 1.165) is 16.7 Å². The molecular formula is C26H23FN2O5. The number of esters is 1. The Morgan fingerprint density at radius 1 is 1.15 bits per heavy atom. The molecule has 0 radical (unpaired) electrons. The third-order valence-corrected chi connectivity index (χ3v) is 5.94. The number of oxazole rings is 1. The second-order valence-electron chi connectivity index (χ2n) is 7.99. The van der Waals surface area contributed by atoms with E-state index in [-0.39, 0.29) is 6.01 Å². The average molecular weight is 462 g/mol. The standard InChI is InChI=1S/C26H23FN2O5/c1-31-23-10-8-17-14-29(26-28-20-12-18(27)9-11-22(20)34-26)21(25(30)32-2)13-19(17)24(23)33-15-16-6-4-3-5-7-16/h3-12,21H,13-15H2,1-2H3/t21-/m0/s1. The smallest absolute Gasteiger partial charge is 0.329 e. The van der Waals surface area contributed by atoms with E-state index in [2.05, 4.69) is 4.98 Å². The number of hydrogen-bond acceptors (Lipinski definition) is 7. The first-order valence-corrected chi connectivity index (χ1v) is 10.8. The van der Waals surface area contributed by atoms with E-state index in [1.165, 1.54) is 25.3 Å². The molecule has 0 spiro atoms. The molecule has 7 nitrogen and oxygen atoms in total. The van der Waals surface area contributed by atoms with Gasteiger partial charge in [-0.05, 0) is 29.3 Å². The van der Waals surface area contributed by atoms with Crippen molar-refractivity contribution in [3.05, 3.63) is 83.2 Å². The van der Waals surface area contributed by atoms with E-state index >= 15 is 0 Å². The number of benzene rings is 3. The summed E-state index contributed by atoms with van der Waals surface area (Å²) in [5.74, 6) is 0.338. The monoisotopic (exact) mass is 462 g/mol. The minimum atomic E-state index is -0.707. The van der Waals surface area contributed by atoms with Gasteiger partial charge in [0.25, 0.3) is 6.01 Å². The van der Waals surface area contributed by atoms with Gasteiger partial charge in [-0.2, -0.15) is 4.98 Å². The molecule has 4 aromatic rings. The van der Waals surface area contributed by atoms with Crippen molar-refractivity contribution in [3.63, 3.8) is 0 Å². The molecule has 1 aromatic heterocycles. The fourth-order valence-corrected chi connectivity index (χ4v) is 4.22. The van der Waals surface area contributed by atoms with Crippen LogP contribution in [0, 0.1) is 5.82 Å². The first-order valence-electron chi connectivity index (χ1n) is 10.8. The van der Waals surface area contributed by atoms with E-state index in [1.54, 1.807) is 12.0 Å². The highest BCUT2D eigenvalue weighted by Crippen LogP contribution is 2.40. The molecule has 1 aliphatic rings. The van der Waals surface area contributed by atoms with Crippen LogP contribution in [0.5, 0.6) is 11.5 Å². The Morgan fingerprint density at radius 2 is 1.97 bits per heavy atom. The molecule has 0 aliphatic carbocycles. The highest BCUT2D eigenvalue weighted by Gasteiger charge is 2.37. The van der Waals surface area contributed by atoms with Crippen LogP contribution in [-0.2, 0) is 29.1 Å². The van der Waals surface area contributed by atoms with Crippen LogP contribution in [0.3, 0.4) is 0 Å². The number of carbonyl (C=O) groups excluding carboxylic acids is 1. The first-order chi connectivity index (χ1) is 16.6. The van der Waals surface area contributed by atoms with Crippen molar-refractivity contribution >= 4 is 23.1 Å². The Kier molecular flexibility index (Phi) is 5.79. The van der Waals surface area contributed by atoms with Crippen LogP contribution in [-0.4, -0.2) is 31.2 Å². The lowest BCUT2D eigenvalue weighted by atomic mass is 9.92. The second kappa shape index (κ2) is 9.05. The summed E-state index contributed by atoms with van der Waals surface area (Å²) in [6, 6.07) is 17.2. The van der Waals surface area contributed by atoms with Crippen molar-refractivity contribution in [2.75, 3.05) is 19.1 Å². The fourth-order valence-electron chi connectivity index (χ4n) is 4.22. The SMILES string of the molecule is COC(=O)[C@@H]1Cc2c(ccc(OC)c2OCc2ccccc2)CN1c1nc2cc(F)ccc2o1. The molecule has 0 saturated heterocycles. The molecular weight excluding hydrogens is 439 g/mol. The summed E-state index contributed by atoms with van der Waals surface area (Å²) in [5, 5.41) is 0. The summed E-state index contributed by atoms with van der Waals surface area (Å²) in [6.45, 7) is 0.688. The largest absolute Gasteiger partial charge is 0.493 e. The molecule has 5 rings (SSSR count). The summed E-state index contributed by atoms with van der Waals surface area (Å²) < 4.78 is 36.4. The van der Waals surface area contributed by atoms with E-state index in [4.69, 9.17) is 18.6 Å². The van der Waals surface area contributed by atoms with E-state index in [1.807, 2.05) is 42.5 Å². The zero-order valence-electron chi connectivity index (χ0n) is 18.8. The zero-order valence-corrected chi connectivity index (χ0v) is 18.8. The van der Waals surface area contributed by atoms with Crippen LogP contribution in [0.15, 0.2) is 65.1 Å². The average Bonchev–Trinajstić information content (AvgIpc) is 3.29. The number of ether oxygens (including phenoxy) is 3. The molecule has 1 aliphatic heterocycles. The molecule has 0 amide bonds. The predicted octanol–water partition coefficient (Wildman–Crippen LogP) is 4.66. The third kappa shape index (κ3) is 4.03. The van der Waals surface area contributed by atoms with Crippen molar-refractivity contribution < 1.29 is 27.8 Å². The van der Waals surface area contributed by atoms with Crippen molar-refractivity contribution in [2.24, 2.45) is 0 Å². The molecule has 34 heavy (non-hydrogen) atoms. The van der Waals surface area contributed by atoms with Crippen LogP contribution in [0.2, 0.25) is 0 Å². The van der Waals surface area contributed by atoms with Gasteiger partial charge in [0.2, 0.25) is 0 Å². The van der Waals surface area contributed by atoms with Gasteiger partial charge in [-0.15, -0.1) is 0 Å². The summed E-state index contributed by atoms with van der Waals surface area (Å²) in [7, 11) is 2.93. The van der Waals surface area contributed by atoms with Crippen molar-refractivity contribution in [1.29, 1.82) is 0 Å². The molecule has 3 aromatic carbocycles. The van der Waals surface area contributed by atoms with Crippen molar-refractivity contribution in [3.8, 4) is 11.5 Å². The maximum absolute atomic E-state index is 13.7. The van der Waals surface area contributed by atoms with Crippen LogP contribution in [0.4, 0.5) is 10.4 Å². The predicted molar refractivity (Wildman–Crippen MR) is 123 cm³/mol. The lowest BCUT2D eigenvalue weighted by Gasteiger charge is -2.35. The van der Waals surface area contributed by atoms with E-state index < -0.39 is 17.8 Å². The van der Waals surface area contributed by atoms with Gasteiger partial charge in [0.05, 0.1) is 14.2 Å². The molecule has 2 heterocycles. The molecule has 8 heteroatoms. The molecule has 0 saturated carbocycles. The number of carbonyl (C=O) groups is 1. The minimum absolute atomic E-state index is 0.226. The third-order valence-electron chi connectivity index (χ3n) is 5.94. The van der Waals surface area contributed by atoms with E-state index in [0.29, 0.717) is 42.2 Å². The van der Waals surface area contributed by atoms with Crippen LogP contribution < -0.4 is 14.4 Å². The Hall–Kier alpha value is -4.07. The van der Waals surface area contributed by atoms with Gasteiger partial charge in [0, 0.05) is 24.6 Å². The second-order valence-corrected chi connectivity index (χ2v) is 7.99. The highest BCUT2D eigenvalue weighted by molar-refractivity contribution is 5.82. The van der Waals surface area contributed by atoms with Gasteiger partial charge in [-0.3, -0.25) is 0 Å². The van der Waals surface area contributed by atoms with Crippen molar-refractivity contribution in [2.45, 2.75) is 25.6 Å². The maximum Gasteiger partial charge on any atom is 0.329 e. The van der Waals surface area contributed by atoms with Gasteiger partial charge < -0.3 is 23.5 Å². The van der Waals surface area contributed by atoms with Gasteiger partial charge in [-0.25, -0.2) is 9.18 Å². The number of methoxy groups -OCH3 is 2. The lowest BCUT2D eigenvalue weighted by molar-refractivity contribution is -0.142. The maximum atomic E-state index is 13.7. The fraction of sp³-hybridized carbons (Fsp3) is 0.231. The van der Waals surface area contributed by atoms with Gasteiger partial charge in [0.1, 0.15) is 24.0 Å². The number of halogens is 1. The normalized spacial score (nSPS) is 15.1. The lowest BCUT2D eigenvalue weighted by Crippen LogP contribution is -2.46. The summed E-state index contributed by atoms with van der Waals surface area (Å²) in [6.07, 6.45) is 0.302.